The molecular formula is C9H17NO2. The molecule has 3 nitrogen and oxygen atoms in total. The minimum atomic E-state index is -0.715. The normalized spacial score (nSPS) is 29.1. The van der Waals surface area contributed by atoms with Crippen LogP contribution in [0.4, 0.5) is 0 Å². The van der Waals surface area contributed by atoms with E-state index in [2.05, 4.69) is 12.2 Å². The average molecular weight is 171 g/mol. The molecule has 0 saturated heterocycles. The van der Waals surface area contributed by atoms with Gasteiger partial charge < -0.3 is 10.4 Å². The van der Waals surface area contributed by atoms with Crippen LogP contribution in [-0.2, 0) is 4.79 Å². The molecule has 0 amide bonds. The molecule has 1 saturated carbocycles. The van der Waals surface area contributed by atoms with E-state index in [0.29, 0.717) is 12.6 Å². The van der Waals surface area contributed by atoms with Crippen molar-refractivity contribution in [3.05, 3.63) is 0 Å². The van der Waals surface area contributed by atoms with Crippen LogP contribution in [0.5, 0.6) is 0 Å². The van der Waals surface area contributed by atoms with E-state index in [0.717, 1.165) is 5.92 Å². The number of hydrogen-bond acceptors (Lipinski definition) is 2. The highest BCUT2D eigenvalue weighted by Gasteiger charge is 2.22. The lowest BCUT2D eigenvalue weighted by atomic mass is 10.1. The van der Waals surface area contributed by atoms with Crippen LogP contribution in [0.3, 0.4) is 0 Å². The molecule has 2 N–H and O–H groups in total. The smallest absolute Gasteiger partial charge is 0.304 e. The van der Waals surface area contributed by atoms with Crippen molar-refractivity contribution in [1.82, 2.24) is 5.32 Å². The molecule has 0 radical (unpaired) electrons. The van der Waals surface area contributed by atoms with Gasteiger partial charge in [-0.05, 0) is 18.8 Å². The summed E-state index contributed by atoms with van der Waals surface area (Å²) in [5, 5.41) is 11.7. The van der Waals surface area contributed by atoms with Gasteiger partial charge in [0.1, 0.15) is 0 Å². The summed E-state index contributed by atoms with van der Waals surface area (Å²) in [6.07, 6.45) is 4.01. The van der Waals surface area contributed by atoms with E-state index in [9.17, 15) is 4.79 Å². The van der Waals surface area contributed by atoms with Gasteiger partial charge in [0, 0.05) is 12.6 Å². The van der Waals surface area contributed by atoms with Crippen molar-refractivity contribution in [2.45, 2.75) is 38.6 Å². The largest absolute Gasteiger partial charge is 0.481 e. The first kappa shape index (κ1) is 9.52. The number of nitrogens with one attached hydrogen (secondary N) is 1. The molecule has 0 bridgehead atoms. The fourth-order valence-corrected chi connectivity index (χ4v) is 1.81. The molecule has 1 rings (SSSR count). The monoisotopic (exact) mass is 171 g/mol. The summed E-state index contributed by atoms with van der Waals surface area (Å²) in [6, 6.07) is 0.560. The Balaban J connectivity index is 2.10. The van der Waals surface area contributed by atoms with Gasteiger partial charge >= 0.3 is 5.97 Å². The molecule has 0 spiro atoms. The number of aliphatic carboxylic acids is 1. The third-order valence-corrected chi connectivity index (χ3v) is 2.61. The van der Waals surface area contributed by atoms with Crippen molar-refractivity contribution in [1.29, 1.82) is 0 Å². The molecule has 70 valence electrons. The first-order valence-electron chi connectivity index (χ1n) is 4.65. The van der Waals surface area contributed by atoms with Crippen LogP contribution >= 0.6 is 0 Å². The van der Waals surface area contributed by atoms with Crippen LogP contribution in [0, 0.1) is 5.92 Å². The zero-order valence-corrected chi connectivity index (χ0v) is 7.55. The standard InChI is InChI=1S/C9H17NO2/c1-7-3-2-4-8(7)10-6-5-9(11)12/h7-8,10H,2-6H2,1H3,(H,11,12). The third kappa shape index (κ3) is 2.81. The summed E-state index contributed by atoms with van der Waals surface area (Å²) in [6.45, 7) is 2.84. The Kier molecular flexibility index (Phi) is 3.53. The molecule has 1 aliphatic rings. The summed E-state index contributed by atoms with van der Waals surface area (Å²) in [4.78, 5) is 10.2. The maximum atomic E-state index is 10.2. The van der Waals surface area contributed by atoms with Crippen molar-refractivity contribution in [3.8, 4) is 0 Å². The van der Waals surface area contributed by atoms with Gasteiger partial charge in [-0.25, -0.2) is 0 Å². The lowest BCUT2D eigenvalue weighted by Crippen LogP contribution is -2.32. The summed E-state index contributed by atoms with van der Waals surface area (Å²) in [5.41, 5.74) is 0. The zero-order valence-electron chi connectivity index (χ0n) is 7.55. The minimum Gasteiger partial charge on any atom is -0.481 e. The van der Waals surface area contributed by atoms with Crippen LogP contribution in [0.15, 0.2) is 0 Å². The molecule has 0 aliphatic heterocycles. The van der Waals surface area contributed by atoms with Gasteiger partial charge in [0.15, 0.2) is 0 Å². The van der Waals surface area contributed by atoms with Crippen molar-refractivity contribution in [3.63, 3.8) is 0 Å². The molecule has 0 heterocycles. The second-order valence-corrected chi connectivity index (χ2v) is 3.61. The maximum absolute atomic E-state index is 10.2. The van der Waals surface area contributed by atoms with Crippen molar-refractivity contribution in [2.75, 3.05) is 6.54 Å². The van der Waals surface area contributed by atoms with Crippen molar-refractivity contribution < 1.29 is 9.90 Å². The number of carbonyl (C=O) groups is 1. The lowest BCUT2D eigenvalue weighted by molar-refractivity contribution is -0.136. The van der Waals surface area contributed by atoms with Gasteiger partial charge in [-0.2, -0.15) is 0 Å². The Morgan fingerprint density at radius 2 is 2.33 bits per heavy atom. The van der Waals surface area contributed by atoms with E-state index < -0.39 is 5.97 Å². The second-order valence-electron chi connectivity index (χ2n) is 3.61. The highest BCUT2D eigenvalue weighted by molar-refractivity contribution is 5.66. The van der Waals surface area contributed by atoms with E-state index in [1.165, 1.54) is 19.3 Å². The van der Waals surface area contributed by atoms with E-state index in [1.54, 1.807) is 0 Å². The summed E-state index contributed by atoms with van der Waals surface area (Å²) >= 11 is 0. The van der Waals surface area contributed by atoms with Gasteiger partial charge in [-0.1, -0.05) is 13.3 Å². The zero-order chi connectivity index (χ0) is 8.97. The first-order valence-corrected chi connectivity index (χ1v) is 4.65. The average Bonchev–Trinajstić information content (AvgIpc) is 2.36. The Labute approximate surface area is 73.2 Å². The van der Waals surface area contributed by atoms with Crippen LogP contribution in [0.2, 0.25) is 0 Å². The van der Waals surface area contributed by atoms with Crippen molar-refractivity contribution >= 4 is 5.97 Å². The summed E-state index contributed by atoms with van der Waals surface area (Å²) < 4.78 is 0. The van der Waals surface area contributed by atoms with E-state index in [4.69, 9.17) is 5.11 Å². The van der Waals surface area contributed by atoms with E-state index in [1.807, 2.05) is 0 Å². The van der Waals surface area contributed by atoms with Gasteiger partial charge in [-0.3, -0.25) is 4.79 Å². The fourth-order valence-electron chi connectivity index (χ4n) is 1.81. The minimum absolute atomic E-state index is 0.239. The Morgan fingerprint density at radius 1 is 1.58 bits per heavy atom. The molecule has 12 heavy (non-hydrogen) atoms. The summed E-state index contributed by atoms with van der Waals surface area (Å²) in [5.74, 6) is 0.00643. The molecule has 3 heteroatoms. The Hall–Kier alpha value is -0.570. The first-order chi connectivity index (χ1) is 5.70. The Morgan fingerprint density at radius 3 is 2.83 bits per heavy atom. The second kappa shape index (κ2) is 4.45. The predicted octanol–water partition coefficient (Wildman–Crippen LogP) is 1.24. The SMILES string of the molecule is CC1CCCC1NCCC(=O)O. The maximum Gasteiger partial charge on any atom is 0.304 e. The molecule has 2 unspecified atom stereocenters. The van der Waals surface area contributed by atoms with Crippen LogP contribution in [0.25, 0.3) is 0 Å². The molecular weight excluding hydrogens is 154 g/mol. The number of hydrogen-bond donors (Lipinski definition) is 2. The fraction of sp³-hybridized carbons (Fsp3) is 0.889. The van der Waals surface area contributed by atoms with Gasteiger partial charge in [0.25, 0.3) is 0 Å². The Bertz CT molecular complexity index is 159. The molecule has 1 fully saturated rings. The number of carboxylic acid groups (broad SMARTS) is 1. The predicted molar refractivity (Wildman–Crippen MR) is 47.1 cm³/mol. The molecule has 0 aromatic rings. The summed E-state index contributed by atoms with van der Waals surface area (Å²) in [7, 11) is 0. The van der Waals surface area contributed by atoms with E-state index in [-0.39, 0.29) is 6.42 Å². The van der Waals surface area contributed by atoms with Crippen LogP contribution < -0.4 is 5.32 Å². The lowest BCUT2D eigenvalue weighted by Gasteiger charge is -2.16. The molecule has 2 atom stereocenters. The topological polar surface area (TPSA) is 49.3 Å². The molecule has 1 aliphatic carbocycles. The quantitative estimate of drug-likeness (QED) is 0.669. The highest BCUT2D eigenvalue weighted by atomic mass is 16.4. The third-order valence-electron chi connectivity index (χ3n) is 2.61. The van der Waals surface area contributed by atoms with Gasteiger partial charge in [-0.15, -0.1) is 0 Å². The number of rotatable bonds is 4. The van der Waals surface area contributed by atoms with Gasteiger partial charge in [0.2, 0.25) is 0 Å². The van der Waals surface area contributed by atoms with E-state index >= 15 is 0 Å². The molecule has 0 aromatic heterocycles. The highest BCUT2D eigenvalue weighted by Crippen LogP contribution is 2.24. The number of carboxylic acids is 1. The molecule has 0 aromatic carbocycles. The van der Waals surface area contributed by atoms with Gasteiger partial charge in [0.05, 0.1) is 6.42 Å². The van der Waals surface area contributed by atoms with Crippen molar-refractivity contribution in [2.24, 2.45) is 5.92 Å². The van der Waals surface area contributed by atoms with Crippen LogP contribution in [-0.4, -0.2) is 23.7 Å². The van der Waals surface area contributed by atoms with Crippen LogP contribution in [0.1, 0.15) is 32.6 Å².